The van der Waals surface area contributed by atoms with Crippen LogP contribution in [-0.4, -0.2) is 64.0 Å². The van der Waals surface area contributed by atoms with Crippen LogP contribution in [-0.2, 0) is 24.3 Å². The monoisotopic (exact) mass is 480 g/mol. The number of benzene rings is 1. The Bertz CT molecular complexity index is 1000. The lowest BCUT2D eigenvalue weighted by molar-refractivity contribution is -0.119. The van der Waals surface area contributed by atoms with E-state index in [9.17, 15) is 18.0 Å². The van der Waals surface area contributed by atoms with Gasteiger partial charge in [-0.25, -0.2) is 8.42 Å². The molecule has 0 aliphatic carbocycles. The van der Waals surface area contributed by atoms with Crippen LogP contribution < -0.4 is 15.4 Å². The molecule has 3 rings (SSSR count). The van der Waals surface area contributed by atoms with Crippen LogP contribution in [0.25, 0.3) is 0 Å². The number of hydrogen-bond acceptors (Lipinski definition) is 7. The van der Waals surface area contributed by atoms with E-state index in [1.165, 1.54) is 6.07 Å². The summed E-state index contributed by atoms with van der Waals surface area (Å²) < 4.78 is 33.0. The fourth-order valence-corrected chi connectivity index (χ4v) is 5.51. The maximum absolute atomic E-state index is 12.8. The summed E-state index contributed by atoms with van der Waals surface area (Å²) in [5, 5.41) is 7.24. The first-order valence-corrected chi connectivity index (χ1v) is 12.7. The van der Waals surface area contributed by atoms with Gasteiger partial charge in [-0.3, -0.25) is 14.5 Å². The van der Waals surface area contributed by atoms with E-state index in [1.807, 2.05) is 4.90 Å². The average molecular weight is 481 g/mol. The minimum absolute atomic E-state index is 0.119. The Kier molecular flexibility index (Phi) is 8.38. The molecule has 2 heterocycles. The third-order valence-corrected chi connectivity index (χ3v) is 7.74. The van der Waals surface area contributed by atoms with Gasteiger partial charge in [0.05, 0.1) is 19.8 Å². The van der Waals surface area contributed by atoms with Crippen molar-refractivity contribution in [3.05, 3.63) is 41.8 Å². The van der Waals surface area contributed by atoms with Gasteiger partial charge < -0.3 is 15.4 Å². The first-order valence-electron chi connectivity index (χ1n) is 10.3. The topological polar surface area (TPSA) is 117 Å². The third kappa shape index (κ3) is 6.84. The Morgan fingerprint density at radius 3 is 2.25 bits per heavy atom. The van der Waals surface area contributed by atoms with Gasteiger partial charge in [0.15, 0.2) is 0 Å². The molecule has 174 valence electrons. The summed E-state index contributed by atoms with van der Waals surface area (Å²) >= 11 is 1.09. The number of hydrogen-bond donors (Lipinski definition) is 3. The molecule has 1 saturated heterocycles. The van der Waals surface area contributed by atoms with Gasteiger partial charge in [-0.15, -0.1) is 11.3 Å². The molecule has 1 aromatic carbocycles. The number of nitrogens with zero attached hydrogens (tertiary/aromatic N) is 1. The maximum Gasteiger partial charge on any atom is 0.250 e. The molecule has 9 nitrogen and oxygen atoms in total. The van der Waals surface area contributed by atoms with Crippen molar-refractivity contribution in [1.82, 2.24) is 9.62 Å². The molecule has 2 amide bonds. The Morgan fingerprint density at radius 1 is 1.06 bits per heavy atom. The van der Waals surface area contributed by atoms with Crippen LogP contribution in [0.15, 0.2) is 46.0 Å². The lowest BCUT2D eigenvalue weighted by atomic mass is 10.0. The fraction of sp³-hybridized carbons (Fsp3) is 0.429. The molecule has 2 aromatic rings. The molecular weight excluding hydrogens is 452 g/mol. The number of ether oxygens (including phenoxy) is 1. The SMILES string of the molecule is CC(C)[C@@H](NS(=O)(=O)c1cccs1)C(=O)Nc1ccc(NC(=O)CN2CCOCC2)cc1. The molecule has 1 aliphatic rings. The van der Waals surface area contributed by atoms with E-state index in [-0.39, 0.29) is 16.0 Å². The van der Waals surface area contributed by atoms with Gasteiger partial charge in [0.2, 0.25) is 11.8 Å². The van der Waals surface area contributed by atoms with Crippen molar-refractivity contribution >= 4 is 44.5 Å². The lowest BCUT2D eigenvalue weighted by Gasteiger charge is -2.25. The number of nitrogens with one attached hydrogen (secondary N) is 3. The summed E-state index contributed by atoms with van der Waals surface area (Å²) in [6.07, 6.45) is 0. The predicted molar refractivity (Wildman–Crippen MR) is 124 cm³/mol. The van der Waals surface area contributed by atoms with Gasteiger partial charge in [0.1, 0.15) is 10.3 Å². The summed E-state index contributed by atoms with van der Waals surface area (Å²) in [7, 11) is -3.78. The maximum atomic E-state index is 12.8. The highest BCUT2D eigenvalue weighted by Crippen LogP contribution is 2.19. The number of amides is 2. The average Bonchev–Trinajstić information content (AvgIpc) is 3.30. The van der Waals surface area contributed by atoms with Crippen molar-refractivity contribution in [2.75, 3.05) is 43.5 Å². The Morgan fingerprint density at radius 2 is 1.69 bits per heavy atom. The quantitative estimate of drug-likeness (QED) is 0.505. The van der Waals surface area contributed by atoms with Gasteiger partial charge >= 0.3 is 0 Å². The summed E-state index contributed by atoms with van der Waals surface area (Å²) in [6, 6.07) is 8.90. The number of carbonyl (C=O) groups excluding carboxylic acids is 2. The second-order valence-corrected chi connectivity index (χ2v) is 10.7. The minimum Gasteiger partial charge on any atom is -0.379 e. The minimum atomic E-state index is -3.78. The van der Waals surface area contributed by atoms with Crippen molar-refractivity contribution < 1.29 is 22.7 Å². The molecule has 1 aliphatic heterocycles. The van der Waals surface area contributed by atoms with Crippen LogP contribution in [0.4, 0.5) is 11.4 Å². The smallest absolute Gasteiger partial charge is 0.250 e. The van der Waals surface area contributed by atoms with Gasteiger partial charge in [0.25, 0.3) is 10.0 Å². The van der Waals surface area contributed by atoms with Crippen LogP contribution in [0.2, 0.25) is 0 Å². The van der Waals surface area contributed by atoms with Gasteiger partial charge in [-0.05, 0) is 41.6 Å². The molecule has 0 unspecified atom stereocenters. The zero-order valence-corrected chi connectivity index (χ0v) is 19.7. The molecule has 0 saturated carbocycles. The first-order chi connectivity index (χ1) is 15.2. The van der Waals surface area contributed by atoms with E-state index in [0.29, 0.717) is 31.1 Å². The summed E-state index contributed by atoms with van der Waals surface area (Å²) in [5.41, 5.74) is 1.11. The molecule has 0 radical (unpaired) electrons. The molecule has 0 spiro atoms. The molecule has 32 heavy (non-hydrogen) atoms. The zero-order valence-electron chi connectivity index (χ0n) is 18.0. The molecule has 0 bridgehead atoms. The van der Waals surface area contributed by atoms with Crippen LogP contribution in [0.1, 0.15) is 13.8 Å². The van der Waals surface area contributed by atoms with Crippen LogP contribution in [0.5, 0.6) is 0 Å². The van der Waals surface area contributed by atoms with Crippen LogP contribution in [0, 0.1) is 5.92 Å². The van der Waals surface area contributed by atoms with E-state index in [0.717, 1.165) is 24.4 Å². The van der Waals surface area contributed by atoms with E-state index in [1.54, 1.807) is 49.6 Å². The van der Waals surface area contributed by atoms with Crippen molar-refractivity contribution in [2.24, 2.45) is 5.92 Å². The zero-order chi connectivity index (χ0) is 23.1. The number of thiophene rings is 1. The Balaban J connectivity index is 1.57. The van der Waals surface area contributed by atoms with E-state index in [4.69, 9.17) is 4.74 Å². The van der Waals surface area contributed by atoms with E-state index >= 15 is 0 Å². The van der Waals surface area contributed by atoms with Crippen molar-refractivity contribution in [3.8, 4) is 0 Å². The second-order valence-electron chi connectivity index (χ2n) is 7.78. The first kappa shape index (κ1) is 24.3. The largest absolute Gasteiger partial charge is 0.379 e. The van der Waals surface area contributed by atoms with E-state index < -0.39 is 22.0 Å². The number of carbonyl (C=O) groups is 2. The van der Waals surface area contributed by atoms with Crippen molar-refractivity contribution in [2.45, 2.75) is 24.1 Å². The number of sulfonamides is 1. The fourth-order valence-electron chi connectivity index (χ4n) is 3.15. The highest BCUT2D eigenvalue weighted by atomic mass is 32.2. The molecule has 1 fully saturated rings. The normalized spacial score (nSPS) is 16.0. The second kappa shape index (κ2) is 11.0. The van der Waals surface area contributed by atoms with Crippen molar-refractivity contribution in [3.63, 3.8) is 0 Å². The highest BCUT2D eigenvalue weighted by molar-refractivity contribution is 7.91. The lowest BCUT2D eigenvalue weighted by Crippen LogP contribution is -2.46. The third-order valence-electron chi connectivity index (χ3n) is 4.90. The molecule has 11 heteroatoms. The van der Waals surface area contributed by atoms with Gasteiger partial charge in [0, 0.05) is 24.5 Å². The predicted octanol–water partition coefficient (Wildman–Crippen LogP) is 1.96. The van der Waals surface area contributed by atoms with Gasteiger partial charge in [-0.2, -0.15) is 4.72 Å². The number of anilines is 2. The standard InChI is InChI=1S/C21H28N4O5S2/c1-15(2)20(24-32(28,29)19-4-3-13-31-19)21(27)23-17-7-5-16(6-8-17)22-18(26)14-25-9-11-30-12-10-25/h3-8,13,15,20,24H,9-12,14H2,1-2H3,(H,22,26)(H,23,27)/t20-/m1/s1. The van der Waals surface area contributed by atoms with E-state index in [2.05, 4.69) is 15.4 Å². The molecular formula is C21H28N4O5S2. The van der Waals surface area contributed by atoms with Crippen LogP contribution in [0.3, 0.4) is 0 Å². The Labute approximate surface area is 192 Å². The molecule has 1 atom stereocenters. The summed E-state index contributed by atoms with van der Waals surface area (Å²) in [5.74, 6) is -0.834. The van der Waals surface area contributed by atoms with Crippen molar-refractivity contribution in [1.29, 1.82) is 0 Å². The van der Waals surface area contributed by atoms with Crippen LogP contribution >= 0.6 is 11.3 Å². The highest BCUT2D eigenvalue weighted by Gasteiger charge is 2.29. The van der Waals surface area contributed by atoms with Gasteiger partial charge in [-0.1, -0.05) is 19.9 Å². The summed E-state index contributed by atoms with van der Waals surface area (Å²) in [4.78, 5) is 27.0. The molecule has 1 aromatic heterocycles. The number of rotatable bonds is 9. The Hall–Kier alpha value is -2.31. The summed E-state index contributed by atoms with van der Waals surface area (Å²) in [6.45, 7) is 6.55. The molecule has 3 N–H and O–H groups in total. The number of morpholine rings is 1.